The van der Waals surface area contributed by atoms with Gasteiger partial charge < -0.3 is 20.1 Å². The number of hydrogen-bond donors (Lipinski definition) is 2. The van der Waals surface area contributed by atoms with Gasteiger partial charge in [-0.25, -0.2) is 0 Å². The maximum Gasteiger partial charge on any atom is 0.243 e. The van der Waals surface area contributed by atoms with Crippen LogP contribution in [0, 0.1) is 0 Å². The van der Waals surface area contributed by atoms with Gasteiger partial charge in [0.2, 0.25) is 5.91 Å². The van der Waals surface area contributed by atoms with E-state index in [4.69, 9.17) is 9.47 Å². The standard InChI is InChI=1S/C24H26N2O3/c1-2-16-28-21-14-12-20(13-15-21)26-24(27)17-25-22-10-6-7-11-23(22)29-18-19-8-4-3-5-9-19/h3-15,25H,2,16-18H2,1H3,(H,26,27). The summed E-state index contributed by atoms with van der Waals surface area (Å²) in [6.45, 7) is 3.35. The van der Waals surface area contributed by atoms with Crippen molar-refractivity contribution in [1.82, 2.24) is 0 Å². The number of amides is 1. The van der Waals surface area contributed by atoms with Crippen molar-refractivity contribution in [2.45, 2.75) is 20.0 Å². The molecule has 0 unspecified atom stereocenters. The molecule has 3 aromatic rings. The maximum absolute atomic E-state index is 12.3. The van der Waals surface area contributed by atoms with Crippen LogP contribution in [0.5, 0.6) is 11.5 Å². The van der Waals surface area contributed by atoms with Crippen LogP contribution in [0.15, 0.2) is 78.9 Å². The molecule has 0 radical (unpaired) electrons. The fourth-order valence-corrected chi connectivity index (χ4v) is 2.71. The Kier molecular flexibility index (Phi) is 7.52. The van der Waals surface area contributed by atoms with E-state index >= 15 is 0 Å². The quantitative estimate of drug-likeness (QED) is 0.505. The lowest BCUT2D eigenvalue weighted by Crippen LogP contribution is -2.22. The maximum atomic E-state index is 12.3. The predicted molar refractivity (Wildman–Crippen MR) is 117 cm³/mol. The Morgan fingerprint density at radius 1 is 0.862 bits per heavy atom. The van der Waals surface area contributed by atoms with Crippen molar-refractivity contribution >= 4 is 17.3 Å². The highest BCUT2D eigenvalue weighted by Crippen LogP contribution is 2.24. The Hall–Kier alpha value is -3.47. The molecule has 0 spiro atoms. The van der Waals surface area contributed by atoms with Gasteiger partial charge in [0.05, 0.1) is 18.8 Å². The van der Waals surface area contributed by atoms with Crippen LogP contribution in [-0.2, 0) is 11.4 Å². The molecule has 0 fully saturated rings. The van der Waals surface area contributed by atoms with Crippen LogP contribution in [0.1, 0.15) is 18.9 Å². The fourth-order valence-electron chi connectivity index (χ4n) is 2.71. The summed E-state index contributed by atoms with van der Waals surface area (Å²) in [6, 6.07) is 24.9. The number of rotatable bonds is 10. The molecule has 3 aromatic carbocycles. The number of nitrogens with one attached hydrogen (secondary N) is 2. The molecule has 29 heavy (non-hydrogen) atoms. The average Bonchev–Trinajstić information content (AvgIpc) is 2.77. The number of benzene rings is 3. The summed E-state index contributed by atoms with van der Waals surface area (Å²) in [4.78, 5) is 12.3. The SMILES string of the molecule is CCCOc1ccc(NC(=O)CNc2ccccc2OCc2ccccc2)cc1. The molecule has 0 saturated carbocycles. The number of hydrogen-bond acceptors (Lipinski definition) is 4. The molecule has 3 rings (SSSR count). The van der Waals surface area contributed by atoms with Crippen molar-refractivity contribution < 1.29 is 14.3 Å². The Bertz CT molecular complexity index is 896. The number of carbonyl (C=O) groups is 1. The first-order chi connectivity index (χ1) is 14.2. The number of para-hydroxylation sites is 2. The van der Waals surface area contributed by atoms with Gasteiger partial charge in [0.1, 0.15) is 18.1 Å². The number of anilines is 2. The minimum atomic E-state index is -0.134. The van der Waals surface area contributed by atoms with E-state index in [1.807, 2.05) is 78.9 Å². The lowest BCUT2D eigenvalue weighted by molar-refractivity contribution is -0.114. The zero-order valence-electron chi connectivity index (χ0n) is 16.6. The van der Waals surface area contributed by atoms with Crippen LogP contribution in [-0.4, -0.2) is 19.1 Å². The van der Waals surface area contributed by atoms with Crippen molar-refractivity contribution in [2.24, 2.45) is 0 Å². The molecule has 0 aliphatic carbocycles. The minimum absolute atomic E-state index is 0.134. The Morgan fingerprint density at radius 3 is 2.34 bits per heavy atom. The van der Waals surface area contributed by atoms with E-state index in [9.17, 15) is 4.79 Å². The van der Waals surface area contributed by atoms with Crippen molar-refractivity contribution in [3.05, 3.63) is 84.4 Å². The first kappa shape index (κ1) is 20.3. The van der Waals surface area contributed by atoms with Crippen LogP contribution >= 0.6 is 0 Å². The highest BCUT2D eigenvalue weighted by molar-refractivity contribution is 5.94. The van der Waals surface area contributed by atoms with Gasteiger partial charge in [0.15, 0.2) is 0 Å². The normalized spacial score (nSPS) is 10.2. The van der Waals surface area contributed by atoms with Gasteiger partial charge in [0, 0.05) is 5.69 Å². The van der Waals surface area contributed by atoms with E-state index in [1.165, 1.54) is 0 Å². The second kappa shape index (κ2) is 10.8. The first-order valence-corrected chi connectivity index (χ1v) is 9.77. The van der Waals surface area contributed by atoms with E-state index in [0.29, 0.717) is 19.0 Å². The molecular formula is C24H26N2O3. The monoisotopic (exact) mass is 390 g/mol. The molecule has 5 heteroatoms. The van der Waals surface area contributed by atoms with Gasteiger partial charge in [-0.05, 0) is 48.4 Å². The zero-order chi connectivity index (χ0) is 20.3. The highest BCUT2D eigenvalue weighted by atomic mass is 16.5. The Balaban J connectivity index is 1.51. The second-order valence-electron chi connectivity index (χ2n) is 6.55. The molecule has 1 amide bonds. The number of ether oxygens (including phenoxy) is 2. The predicted octanol–water partition coefficient (Wildman–Crippen LogP) is 5.11. The Labute approximate surface area is 171 Å². The molecule has 5 nitrogen and oxygen atoms in total. The second-order valence-corrected chi connectivity index (χ2v) is 6.55. The summed E-state index contributed by atoms with van der Waals surface area (Å²) < 4.78 is 11.5. The molecule has 0 aliphatic heterocycles. The topological polar surface area (TPSA) is 59.6 Å². The molecule has 0 aliphatic rings. The zero-order valence-corrected chi connectivity index (χ0v) is 16.6. The minimum Gasteiger partial charge on any atom is -0.494 e. The van der Waals surface area contributed by atoms with Crippen LogP contribution in [0.4, 0.5) is 11.4 Å². The van der Waals surface area contributed by atoms with Gasteiger partial charge in [-0.1, -0.05) is 49.4 Å². The summed E-state index contributed by atoms with van der Waals surface area (Å²) >= 11 is 0. The number of carbonyl (C=O) groups excluding carboxylic acids is 1. The highest BCUT2D eigenvalue weighted by Gasteiger charge is 2.07. The van der Waals surface area contributed by atoms with Gasteiger partial charge in [-0.15, -0.1) is 0 Å². The smallest absolute Gasteiger partial charge is 0.243 e. The largest absolute Gasteiger partial charge is 0.494 e. The summed E-state index contributed by atoms with van der Waals surface area (Å²) in [5, 5.41) is 6.02. The molecule has 0 bridgehead atoms. The molecule has 0 saturated heterocycles. The summed E-state index contributed by atoms with van der Waals surface area (Å²) in [7, 11) is 0. The molecule has 0 heterocycles. The van der Waals surface area contributed by atoms with E-state index < -0.39 is 0 Å². The molecular weight excluding hydrogens is 364 g/mol. The van der Waals surface area contributed by atoms with E-state index in [2.05, 4.69) is 17.6 Å². The van der Waals surface area contributed by atoms with E-state index in [1.54, 1.807) is 0 Å². The van der Waals surface area contributed by atoms with Crippen LogP contribution in [0.2, 0.25) is 0 Å². The average molecular weight is 390 g/mol. The van der Waals surface area contributed by atoms with Gasteiger partial charge in [-0.2, -0.15) is 0 Å². The van der Waals surface area contributed by atoms with E-state index in [-0.39, 0.29) is 12.5 Å². The summed E-state index contributed by atoms with van der Waals surface area (Å²) in [5.74, 6) is 1.37. The molecule has 0 aromatic heterocycles. The van der Waals surface area contributed by atoms with Crippen LogP contribution in [0.3, 0.4) is 0 Å². The van der Waals surface area contributed by atoms with Crippen molar-refractivity contribution in [3.8, 4) is 11.5 Å². The van der Waals surface area contributed by atoms with E-state index in [0.717, 1.165) is 29.1 Å². The first-order valence-electron chi connectivity index (χ1n) is 9.77. The van der Waals surface area contributed by atoms with Gasteiger partial charge in [0.25, 0.3) is 0 Å². The third kappa shape index (κ3) is 6.57. The summed E-state index contributed by atoms with van der Waals surface area (Å²) in [5.41, 5.74) is 2.60. The van der Waals surface area contributed by atoms with Gasteiger partial charge >= 0.3 is 0 Å². The Morgan fingerprint density at radius 2 is 1.59 bits per heavy atom. The fraction of sp³-hybridized carbons (Fsp3) is 0.208. The third-order valence-corrected chi connectivity index (χ3v) is 4.17. The summed E-state index contributed by atoms with van der Waals surface area (Å²) in [6.07, 6.45) is 0.959. The lowest BCUT2D eigenvalue weighted by Gasteiger charge is -2.13. The molecule has 150 valence electrons. The lowest BCUT2D eigenvalue weighted by atomic mass is 10.2. The van der Waals surface area contributed by atoms with Crippen molar-refractivity contribution in [2.75, 3.05) is 23.8 Å². The third-order valence-electron chi connectivity index (χ3n) is 4.17. The van der Waals surface area contributed by atoms with Gasteiger partial charge in [-0.3, -0.25) is 4.79 Å². The van der Waals surface area contributed by atoms with Crippen LogP contribution < -0.4 is 20.1 Å². The van der Waals surface area contributed by atoms with Crippen molar-refractivity contribution in [1.29, 1.82) is 0 Å². The molecule has 0 atom stereocenters. The van der Waals surface area contributed by atoms with Crippen LogP contribution in [0.25, 0.3) is 0 Å². The van der Waals surface area contributed by atoms with Crippen molar-refractivity contribution in [3.63, 3.8) is 0 Å². The molecule has 2 N–H and O–H groups in total.